The van der Waals surface area contributed by atoms with E-state index in [4.69, 9.17) is 9.47 Å². The summed E-state index contributed by atoms with van der Waals surface area (Å²) in [6.07, 6.45) is 11.8. The van der Waals surface area contributed by atoms with Crippen LogP contribution in [0.3, 0.4) is 0 Å². The van der Waals surface area contributed by atoms with E-state index >= 15 is 0 Å². The molecule has 3 heteroatoms. The van der Waals surface area contributed by atoms with Gasteiger partial charge in [0.1, 0.15) is 0 Å². The van der Waals surface area contributed by atoms with Crippen molar-refractivity contribution in [1.29, 1.82) is 0 Å². The molecule has 0 amide bonds. The van der Waals surface area contributed by atoms with E-state index in [1.165, 1.54) is 38.5 Å². The standard InChI is InChI=1S/C17H34O3/c1-4-5-6-7-8-9-10-11-15(18)12-13-16-14-19-17(2,3)20-16/h15-16,18H,4-14H2,1-3H3/t15?,16-/m0/s1. The molecule has 0 aromatic rings. The Morgan fingerprint density at radius 3 is 2.30 bits per heavy atom. The zero-order valence-corrected chi connectivity index (χ0v) is 13.7. The molecule has 0 aromatic carbocycles. The maximum Gasteiger partial charge on any atom is 0.163 e. The zero-order chi connectivity index (χ0) is 14.8. The van der Waals surface area contributed by atoms with E-state index in [1.54, 1.807) is 0 Å². The fourth-order valence-electron chi connectivity index (χ4n) is 2.76. The number of hydrogen-bond acceptors (Lipinski definition) is 3. The summed E-state index contributed by atoms with van der Waals surface area (Å²) in [6.45, 7) is 6.80. The van der Waals surface area contributed by atoms with E-state index in [1.807, 2.05) is 13.8 Å². The summed E-state index contributed by atoms with van der Waals surface area (Å²) in [5.41, 5.74) is 0. The number of ether oxygens (including phenoxy) is 2. The van der Waals surface area contributed by atoms with Crippen LogP contribution in [0.5, 0.6) is 0 Å². The van der Waals surface area contributed by atoms with Crippen LogP contribution in [-0.4, -0.2) is 29.7 Å². The number of rotatable bonds is 11. The van der Waals surface area contributed by atoms with Crippen LogP contribution in [0, 0.1) is 0 Å². The van der Waals surface area contributed by atoms with Crippen molar-refractivity contribution in [2.45, 2.75) is 103 Å². The smallest absolute Gasteiger partial charge is 0.163 e. The minimum Gasteiger partial charge on any atom is -0.393 e. The van der Waals surface area contributed by atoms with Crippen LogP contribution in [0.2, 0.25) is 0 Å². The molecule has 1 unspecified atom stereocenters. The van der Waals surface area contributed by atoms with Crippen molar-refractivity contribution < 1.29 is 14.6 Å². The molecule has 0 aromatic heterocycles. The maximum absolute atomic E-state index is 9.98. The van der Waals surface area contributed by atoms with Gasteiger partial charge in [0.2, 0.25) is 0 Å². The Morgan fingerprint density at radius 1 is 1.05 bits per heavy atom. The third-order valence-electron chi connectivity index (χ3n) is 4.03. The van der Waals surface area contributed by atoms with Gasteiger partial charge in [-0.05, 0) is 33.1 Å². The van der Waals surface area contributed by atoms with Crippen molar-refractivity contribution in [2.24, 2.45) is 0 Å². The van der Waals surface area contributed by atoms with Crippen LogP contribution in [0.15, 0.2) is 0 Å². The van der Waals surface area contributed by atoms with Crippen LogP contribution in [0.4, 0.5) is 0 Å². The second-order valence-electron chi connectivity index (χ2n) is 6.59. The van der Waals surface area contributed by atoms with Gasteiger partial charge in [-0.2, -0.15) is 0 Å². The molecule has 1 saturated heterocycles. The summed E-state index contributed by atoms with van der Waals surface area (Å²) in [7, 11) is 0. The first kappa shape index (κ1) is 17.9. The van der Waals surface area contributed by atoms with Gasteiger partial charge in [-0.1, -0.05) is 51.9 Å². The Bertz CT molecular complexity index is 240. The molecule has 1 heterocycles. The number of hydrogen-bond donors (Lipinski definition) is 1. The number of aliphatic hydroxyl groups excluding tert-OH is 1. The van der Waals surface area contributed by atoms with Gasteiger partial charge in [0.15, 0.2) is 5.79 Å². The molecule has 0 bridgehead atoms. The molecular weight excluding hydrogens is 252 g/mol. The molecule has 20 heavy (non-hydrogen) atoms. The first-order chi connectivity index (χ1) is 9.53. The minimum absolute atomic E-state index is 0.161. The molecule has 1 fully saturated rings. The third-order valence-corrected chi connectivity index (χ3v) is 4.03. The lowest BCUT2D eigenvalue weighted by Crippen LogP contribution is -2.22. The quantitative estimate of drug-likeness (QED) is 0.571. The fourth-order valence-corrected chi connectivity index (χ4v) is 2.76. The Kier molecular flexibility index (Phi) is 8.74. The van der Waals surface area contributed by atoms with Crippen molar-refractivity contribution in [2.75, 3.05) is 6.61 Å². The highest BCUT2D eigenvalue weighted by Crippen LogP contribution is 2.25. The van der Waals surface area contributed by atoms with Crippen molar-refractivity contribution in [3.63, 3.8) is 0 Å². The fraction of sp³-hybridized carbons (Fsp3) is 1.00. The molecule has 0 saturated carbocycles. The maximum atomic E-state index is 9.98. The van der Waals surface area contributed by atoms with E-state index < -0.39 is 5.79 Å². The third kappa shape index (κ3) is 8.23. The molecule has 3 nitrogen and oxygen atoms in total. The Labute approximate surface area is 125 Å². The summed E-state index contributed by atoms with van der Waals surface area (Å²) in [6, 6.07) is 0. The first-order valence-electron chi connectivity index (χ1n) is 8.53. The minimum atomic E-state index is -0.436. The largest absolute Gasteiger partial charge is 0.393 e. The molecule has 1 rings (SSSR count). The van der Waals surface area contributed by atoms with Crippen molar-refractivity contribution >= 4 is 0 Å². The SMILES string of the molecule is CCCCCCCCCC(O)CC[C@H]1COC(C)(C)O1. The summed E-state index contributed by atoms with van der Waals surface area (Å²) in [4.78, 5) is 0. The van der Waals surface area contributed by atoms with Crippen LogP contribution in [0.25, 0.3) is 0 Å². The highest BCUT2D eigenvalue weighted by atomic mass is 16.7. The van der Waals surface area contributed by atoms with Crippen molar-refractivity contribution in [3.05, 3.63) is 0 Å². The van der Waals surface area contributed by atoms with Gasteiger partial charge >= 0.3 is 0 Å². The second-order valence-corrected chi connectivity index (χ2v) is 6.59. The van der Waals surface area contributed by atoms with E-state index in [2.05, 4.69) is 6.92 Å². The average molecular weight is 286 g/mol. The van der Waals surface area contributed by atoms with Crippen LogP contribution >= 0.6 is 0 Å². The molecule has 120 valence electrons. The first-order valence-corrected chi connectivity index (χ1v) is 8.53. The molecule has 0 radical (unpaired) electrons. The molecule has 2 atom stereocenters. The normalized spacial score (nSPS) is 23.1. The molecule has 1 aliphatic rings. The molecule has 0 aliphatic carbocycles. The monoisotopic (exact) mass is 286 g/mol. The lowest BCUT2D eigenvalue weighted by molar-refractivity contribution is -0.139. The van der Waals surface area contributed by atoms with E-state index in [9.17, 15) is 5.11 Å². The Balaban J connectivity index is 1.92. The second kappa shape index (κ2) is 9.75. The van der Waals surface area contributed by atoms with Crippen LogP contribution in [0.1, 0.15) is 85.0 Å². The van der Waals surface area contributed by atoms with Gasteiger partial charge in [-0.3, -0.25) is 0 Å². The van der Waals surface area contributed by atoms with E-state index in [0.29, 0.717) is 6.61 Å². The topological polar surface area (TPSA) is 38.7 Å². The summed E-state index contributed by atoms with van der Waals surface area (Å²) >= 11 is 0. The molecule has 1 aliphatic heterocycles. The van der Waals surface area contributed by atoms with E-state index in [0.717, 1.165) is 25.7 Å². The van der Waals surface area contributed by atoms with Gasteiger partial charge in [-0.25, -0.2) is 0 Å². The van der Waals surface area contributed by atoms with Gasteiger partial charge in [0.25, 0.3) is 0 Å². The summed E-state index contributed by atoms with van der Waals surface area (Å²) in [5.74, 6) is -0.436. The predicted octanol–water partition coefficient (Wildman–Crippen LogP) is 4.42. The molecule has 0 spiro atoms. The lowest BCUT2D eigenvalue weighted by atomic mass is 10.0. The number of aliphatic hydroxyl groups is 1. The zero-order valence-electron chi connectivity index (χ0n) is 13.7. The highest BCUT2D eigenvalue weighted by molar-refractivity contribution is 4.72. The molecule has 1 N–H and O–H groups in total. The van der Waals surface area contributed by atoms with Crippen molar-refractivity contribution in [3.8, 4) is 0 Å². The summed E-state index contributed by atoms with van der Waals surface area (Å²) in [5, 5.41) is 9.98. The average Bonchev–Trinajstić information content (AvgIpc) is 2.75. The Morgan fingerprint density at radius 2 is 1.70 bits per heavy atom. The van der Waals surface area contributed by atoms with E-state index in [-0.39, 0.29) is 12.2 Å². The lowest BCUT2D eigenvalue weighted by Gasteiger charge is -2.18. The summed E-state index contributed by atoms with van der Waals surface area (Å²) < 4.78 is 11.3. The Hall–Kier alpha value is -0.120. The van der Waals surface area contributed by atoms with Crippen LogP contribution < -0.4 is 0 Å². The predicted molar refractivity (Wildman–Crippen MR) is 82.8 cm³/mol. The number of unbranched alkanes of at least 4 members (excludes halogenated alkanes) is 6. The van der Waals surface area contributed by atoms with Crippen LogP contribution in [-0.2, 0) is 9.47 Å². The van der Waals surface area contributed by atoms with Gasteiger partial charge in [0.05, 0.1) is 18.8 Å². The van der Waals surface area contributed by atoms with Crippen molar-refractivity contribution in [1.82, 2.24) is 0 Å². The van der Waals surface area contributed by atoms with Gasteiger partial charge < -0.3 is 14.6 Å². The molecular formula is C17H34O3. The highest BCUT2D eigenvalue weighted by Gasteiger charge is 2.32. The van der Waals surface area contributed by atoms with Gasteiger partial charge in [0, 0.05) is 0 Å². The van der Waals surface area contributed by atoms with Gasteiger partial charge in [-0.15, -0.1) is 0 Å².